The van der Waals surface area contributed by atoms with E-state index < -0.39 is 19.3 Å². The Morgan fingerprint density at radius 1 is 1.31 bits per heavy atom. The van der Waals surface area contributed by atoms with Gasteiger partial charge in [-0.25, -0.2) is 4.79 Å². The van der Waals surface area contributed by atoms with E-state index in [2.05, 4.69) is 33.9 Å². The minimum absolute atomic E-state index is 0.00882. The average Bonchev–Trinajstić information content (AvgIpc) is 3.01. The van der Waals surface area contributed by atoms with Crippen LogP contribution in [0.4, 0.5) is 10.5 Å². The highest BCUT2D eigenvalue weighted by atomic mass is 28.4. The average molecular weight is 423 g/mol. The van der Waals surface area contributed by atoms with Gasteiger partial charge in [-0.05, 0) is 42.2 Å². The van der Waals surface area contributed by atoms with Gasteiger partial charge in [0.15, 0.2) is 8.32 Å². The van der Waals surface area contributed by atoms with E-state index in [-0.39, 0.29) is 35.9 Å². The van der Waals surface area contributed by atoms with Crippen LogP contribution < -0.4 is 0 Å². The number of hydrogen-bond donors (Lipinski definition) is 0. The molecule has 0 aromatic heterocycles. The lowest BCUT2D eigenvalue weighted by atomic mass is 10.1. The molecule has 0 aliphatic carbocycles. The van der Waals surface area contributed by atoms with E-state index in [4.69, 9.17) is 9.16 Å². The zero-order chi connectivity index (χ0) is 21.8. The van der Waals surface area contributed by atoms with Gasteiger partial charge in [-0.3, -0.25) is 10.1 Å². The van der Waals surface area contributed by atoms with Crippen LogP contribution in [0.15, 0.2) is 24.3 Å². The Morgan fingerprint density at radius 3 is 2.45 bits per heavy atom. The Morgan fingerprint density at radius 2 is 1.93 bits per heavy atom. The van der Waals surface area contributed by atoms with Crippen LogP contribution in [-0.2, 0) is 20.6 Å². The molecule has 1 aliphatic heterocycles. The van der Waals surface area contributed by atoms with Crippen molar-refractivity contribution in [2.24, 2.45) is 0 Å². The zero-order valence-electron chi connectivity index (χ0n) is 17.7. The zero-order valence-corrected chi connectivity index (χ0v) is 18.7. The fraction of sp³-hybridized carbons (Fsp3) is 0.600. The van der Waals surface area contributed by atoms with Crippen molar-refractivity contribution in [1.82, 2.24) is 4.90 Å². The molecule has 1 aliphatic rings. The van der Waals surface area contributed by atoms with E-state index in [1.54, 1.807) is 17.0 Å². The monoisotopic (exact) mass is 422 g/mol. The molecule has 1 heterocycles. The summed E-state index contributed by atoms with van der Waals surface area (Å²) in [5, 5.41) is 10.8. The van der Waals surface area contributed by atoms with Crippen molar-refractivity contribution in [3.8, 4) is 0 Å². The number of ether oxygens (including phenoxy) is 1. The number of aldehydes is 1. The molecule has 0 bridgehead atoms. The Labute approximate surface area is 172 Å². The van der Waals surface area contributed by atoms with E-state index >= 15 is 0 Å². The second-order valence-corrected chi connectivity index (χ2v) is 13.7. The van der Waals surface area contributed by atoms with Crippen LogP contribution in [0.25, 0.3) is 0 Å². The summed E-state index contributed by atoms with van der Waals surface area (Å²) in [5.41, 5.74) is 0.639. The lowest BCUT2D eigenvalue weighted by molar-refractivity contribution is -0.384. The van der Waals surface area contributed by atoms with E-state index in [0.717, 1.165) is 6.29 Å². The molecule has 9 heteroatoms. The number of non-ortho nitro benzene ring substituents is 1. The van der Waals surface area contributed by atoms with Crippen molar-refractivity contribution in [3.63, 3.8) is 0 Å². The molecule has 0 N–H and O–H groups in total. The molecule has 8 nitrogen and oxygen atoms in total. The minimum Gasteiger partial charge on any atom is -0.445 e. The van der Waals surface area contributed by atoms with Crippen LogP contribution in [-0.4, -0.2) is 49.2 Å². The van der Waals surface area contributed by atoms with Gasteiger partial charge in [0.1, 0.15) is 12.9 Å². The SMILES string of the molecule is CC(C)(C)[Si](C)(C)O[C@@H]1C[C@@H](CC=O)N(C(=O)OCc2ccc([N+](=O)[O-])cc2)C1. The van der Waals surface area contributed by atoms with Crippen molar-refractivity contribution in [2.75, 3.05) is 6.54 Å². The van der Waals surface area contributed by atoms with Crippen molar-refractivity contribution in [1.29, 1.82) is 0 Å². The summed E-state index contributed by atoms with van der Waals surface area (Å²) in [6.07, 6.45) is 1.04. The Bertz CT molecular complexity index is 744. The van der Waals surface area contributed by atoms with Crippen molar-refractivity contribution >= 4 is 26.4 Å². The third kappa shape index (κ3) is 5.86. The quantitative estimate of drug-likeness (QED) is 0.281. The summed E-state index contributed by atoms with van der Waals surface area (Å²) in [6.45, 7) is 11.2. The Hall–Kier alpha value is -2.26. The Balaban J connectivity index is 1.99. The van der Waals surface area contributed by atoms with Crippen LogP contribution in [0, 0.1) is 10.1 Å². The topological polar surface area (TPSA) is 99.0 Å². The first-order valence-electron chi connectivity index (χ1n) is 9.73. The summed E-state index contributed by atoms with van der Waals surface area (Å²) in [5.74, 6) is 0. The van der Waals surface area contributed by atoms with Gasteiger partial charge in [0.2, 0.25) is 0 Å². The number of likely N-dealkylation sites (tertiary alicyclic amines) is 1. The maximum atomic E-state index is 12.6. The number of nitro benzene ring substituents is 1. The van der Waals surface area contributed by atoms with Gasteiger partial charge >= 0.3 is 6.09 Å². The van der Waals surface area contributed by atoms with Crippen LogP contribution >= 0.6 is 0 Å². The maximum absolute atomic E-state index is 12.6. The number of amides is 1. The smallest absolute Gasteiger partial charge is 0.410 e. The summed E-state index contributed by atoms with van der Waals surface area (Å²) in [4.78, 5) is 35.5. The normalized spacial score (nSPS) is 19.8. The molecule has 1 fully saturated rings. The molecular formula is C20H30N2O6Si. The van der Waals surface area contributed by atoms with Gasteiger partial charge in [-0.1, -0.05) is 20.8 Å². The standard InChI is InChI=1S/C20H30N2O6Si/c1-20(2,3)29(4,5)28-18-12-17(10-11-23)21(13-18)19(24)27-14-15-6-8-16(9-7-15)22(25)26/h6-9,11,17-18H,10,12-14H2,1-5H3/t17-,18-/m1/s1. The van der Waals surface area contributed by atoms with Gasteiger partial charge in [-0.15, -0.1) is 0 Å². The highest BCUT2D eigenvalue weighted by Gasteiger charge is 2.43. The maximum Gasteiger partial charge on any atom is 0.410 e. The van der Waals surface area contributed by atoms with Crippen LogP contribution in [0.1, 0.15) is 39.2 Å². The largest absolute Gasteiger partial charge is 0.445 e. The summed E-state index contributed by atoms with van der Waals surface area (Å²) >= 11 is 0. The lowest BCUT2D eigenvalue weighted by Crippen LogP contribution is -2.44. The first-order chi connectivity index (χ1) is 13.4. The van der Waals surface area contributed by atoms with Crippen LogP contribution in [0.5, 0.6) is 0 Å². The molecule has 1 saturated heterocycles. The number of hydrogen-bond acceptors (Lipinski definition) is 6. The highest BCUT2D eigenvalue weighted by molar-refractivity contribution is 6.74. The molecule has 0 radical (unpaired) electrons. The number of nitrogens with zero attached hydrogens (tertiary/aromatic N) is 2. The highest BCUT2D eigenvalue weighted by Crippen LogP contribution is 2.39. The van der Waals surface area contributed by atoms with Crippen molar-refractivity contribution in [2.45, 2.75) is 70.5 Å². The molecule has 1 aromatic carbocycles. The lowest BCUT2D eigenvalue weighted by Gasteiger charge is -2.38. The van der Waals surface area contributed by atoms with Crippen molar-refractivity contribution < 1.29 is 23.7 Å². The first-order valence-corrected chi connectivity index (χ1v) is 12.6. The Kier molecular flexibility index (Phi) is 7.18. The molecule has 0 spiro atoms. The fourth-order valence-corrected chi connectivity index (χ4v) is 4.41. The van der Waals surface area contributed by atoms with E-state index in [0.29, 0.717) is 18.5 Å². The van der Waals surface area contributed by atoms with E-state index in [9.17, 15) is 19.7 Å². The van der Waals surface area contributed by atoms with Crippen molar-refractivity contribution in [3.05, 3.63) is 39.9 Å². The number of benzene rings is 1. The minimum atomic E-state index is -1.99. The number of carbonyl (C=O) groups excluding carboxylic acids is 2. The molecular weight excluding hydrogens is 392 g/mol. The van der Waals surface area contributed by atoms with Gasteiger partial charge in [0.05, 0.1) is 11.0 Å². The van der Waals surface area contributed by atoms with Gasteiger partial charge in [0.25, 0.3) is 5.69 Å². The molecule has 0 unspecified atom stereocenters. The van der Waals surface area contributed by atoms with E-state index in [1.807, 2.05) is 0 Å². The molecule has 2 atom stereocenters. The second kappa shape index (κ2) is 9.04. The van der Waals surface area contributed by atoms with E-state index in [1.165, 1.54) is 12.1 Å². The molecule has 1 aromatic rings. The van der Waals surface area contributed by atoms with Crippen LogP contribution in [0.2, 0.25) is 18.1 Å². The van der Waals surface area contributed by atoms with Gasteiger partial charge in [-0.2, -0.15) is 0 Å². The predicted molar refractivity (Wildman–Crippen MR) is 111 cm³/mol. The number of nitro groups is 1. The predicted octanol–water partition coefficient (Wildman–Crippen LogP) is 4.29. The van der Waals surface area contributed by atoms with Gasteiger partial charge < -0.3 is 18.9 Å². The first kappa shape index (κ1) is 23.0. The van der Waals surface area contributed by atoms with Crippen LogP contribution in [0.3, 0.4) is 0 Å². The molecule has 1 amide bonds. The summed E-state index contributed by atoms with van der Waals surface area (Å²) in [7, 11) is -1.99. The number of carbonyl (C=O) groups is 2. The third-order valence-electron chi connectivity index (χ3n) is 5.76. The summed E-state index contributed by atoms with van der Waals surface area (Å²) < 4.78 is 11.8. The molecule has 0 saturated carbocycles. The fourth-order valence-electron chi connectivity index (χ4n) is 3.05. The molecule has 2 rings (SSSR count). The third-order valence-corrected chi connectivity index (χ3v) is 10.3. The summed E-state index contributed by atoms with van der Waals surface area (Å²) in [6, 6.07) is 5.62. The molecule has 160 valence electrons. The second-order valence-electron chi connectivity index (χ2n) is 8.92. The van der Waals surface area contributed by atoms with Gasteiger partial charge in [0, 0.05) is 31.1 Å². The molecule has 29 heavy (non-hydrogen) atoms. The number of rotatable bonds is 7.